The molecule has 1 unspecified atom stereocenters. The smallest absolute Gasteiger partial charge is 0.319 e. The lowest BCUT2D eigenvalue weighted by Crippen LogP contribution is -2.38. The lowest BCUT2D eigenvalue weighted by atomic mass is 9.87. The second-order valence-electron chi connectivity index (χ2n) is 6.16. The topological polar surface area (TPSA) is 70.6 Å². The summed E-state index contributed by atoms with van der Waals surface area (Å²) < 4.78 is 5.06. The number of amides is 2. The Labute approximate surface area is 126 Å². The first kappa shape index (κ1) is 17.5. The van der Waals surface area contributed by atoms with Crippen molar-refractivity contribution in [2.24, 2.45) is 5.41 Å². The van der Waals surface area contributed by atoms with Crippen molar-refractivity contribution in [1.29, 1.82) is 0 Å². The maximum absolute atomic E-state index is 11.9. The molecule has 0 radical (unpaired) electrons. The van der Waals surface area contributed by atoms with Crippen LogP contribution in [0.2, 0.25) is 0 Å². The normalized spacial score (nSPS) is 12.8. The molecule has 0 aliphatic carbocycles. The summed E-state index contributed by atoms with van der Waals surface area (Å²) in [5, 5.41) is 15.1. The van der Waals surface area contributed by atoms with Gasteiger partial charge in [0.2, 0.25) is 0 Å². The summed E-state index contributed by atoms with van der Waals surface area (Å²) in [5.74, 6) is 0. The van der Waals surface area contributed by atoms with Crippen LogP contribution in [0.5, 0.6) is 0 Å². The van der Waals surface area contributed by atoms with E-state index in [0.717, 1.165) is 11.3 Å². The quantitative estimate of drug-likeness (QED) is 0.724. The molecule has 1 rings (SSSR count). The Morgan fingerprint density at radius 2 is 2.14 bits per heavy atom. The lowest BCUT2D eigenvalue weighted by Gasteiger charge is -2.26. The first-order chi connectivity index (χ1) is 9.82. The summed E-state index contributed by atoms with van der Waals surface area (Å²) in [6, 6.07) is 7.28. The summed E-state index contributed by atoms with van der Waals surface area (Å²) in [6.45, 7) is 6.79. The highest BCUT2D eigenvalue weighted by molar-refractivity contribution is 5.89. The summed E-state index contributed by atoms with van der Waals surface area (Å²) in [5.41, 5.74) is 1.59. The van der Waals surface area contributed by atoms with E-state index >= 15 is 0 Å². The van der Waals surface area contributed by atoms with Gasteiger partial charge >= 0.3 is 6.03 Å². The van der Waals surface area contributed by atoms with Crippen LogP contribution in [-0.2, 0) is 11.3 Å². The molecule has 1 atom stereocenters. The molecule has 0 aliphatic rings. The van der Waals surface area contributed by atoms with Crippen LogP contribution in [-0.4, -0.2) is 30.9 Å². The maximum atomic E-state index is 11.9. The van der Waals surface area contributed by atoms with Gasteiger partial charge in [0.05, 0.1) is 12.7 Å². The highest BCUT2D eigenvalue weighted by Gasteiger charge is 2.21. The predicted molar refractivity (Wildman–Crippen MR) is 84.3 cm³/mol. The van der Waals surface area contributed by atoms with E-state index in [1.165, 1.54) is 0 Å². The molecule has 0 aromatic heterocycles. The van der Waals surface area contributed by atoms with E-state index in [0.29, 0.717) is 19.6 Å². The Kier molecular flexibility index (Phi) is 6.65. The molecule has 118 valence electrons. The predicted octanol–water partition coefficient (Wildman–Crippen LogP) is 2.75. The summed E-state index contributed by atoms with van der Waals surface area (Å²) in [6.07, 6.45) is 0.256. The van der Waals surface area contributed by atoms with Crippen molar-refractivity contribution in [3.63, 3.8) is 0 Å². The molecule has 0 aliphatic heterocycles. The largest absolute Gasteiger partial charge is 0.393 e. The average Bonchev–Trinajstić information content (AvgIpc) is 2.36. The van der Waals surface area contributed by atoms with E-state index in [1.807, 2.05) is 38.1 Å². The second-order valence-corrected chi connectivity index (χ2v) is 6.16. The van der Waals surface area contributed by atoms with Gasteiger partial charge in [-0.15, -0.1) is 0 Å². The molecule has 0 fully saturated rings. The van der Waals surface area contributed by atoms with Gasteiger partial charge in [-0.25, -0.2) is 4.79 Å². The minimum atomic E-state index is -0.379. The number of hydrogen-bond donors (Lipinski definition) is 3. The van der Waals surface area contributed by atoms with Gasteiger partial charge in [0, 0.05) is 19.3 Å². The molecule has 0 saturated carbocycles. The summed E-state index contributed by atoms with van der Waals surface area (Å²) in [7, 11) is 1.64. The van der Waals surface area contributed by atoms with Gasteiger partial charge in [-0.1, -0.05) is 26.0 Å². The summed E-state index contributed by atoms with van der Waals surface area (Å²) in [4.78, 5) is 11.9. The summed E-state index contributed by atoms with van der Waals surface area (Å²) >= 11 is 0. The van der Waals surface area contributed by atoms with Crippen LogP contribution in [0.25, 0.3) is 0 Å². The number of methoxy groups -OCH3 is 1. The fraction of sp³-hybridized carbons (Fsp3) is 0.562. The maximum Gasteiger partial charge on any atom is 0.319 e. The molecular weight excluding hydrogens is 268 g/mol. The van der Waals surface area contributed by atoms with E-state index in [4.69, 9.17) is 4.74 Å². The van der Waals surface area contributed by atoms with Gasteiger partial charge in [-0.05, 0) is 36.5 Å². The Morgan fingerprint density at radius 1 is 1.43 bits per heavy atom. The van der Waals surface area contributed by atoms with Crippen molar-refractivity contribution >= 4 is 11.7 Å². The molecule has 2 amide bonds. The number of aliphatic hydroxyl groups excluding tert-OH is 1. The number of anilines is 1. The standard InChI is InChI=1S/C16H26N2O3/c1-12(19)9-16(2,3)11-17-15(20)18-14-7-5-6-13(8-14)10-21-4/h5-8,12,19H,9-11H2,1-4H3,(H2,17,18,20). The van der Waals surface area contributed by atoms with Gasteiger partial charge in [0.1, 0.15) is 0 Å². The van der Waals surface area contributed by atoms with Gasteiger partial charge in [-0.2, -0.15) is 0 Å². The zero-order valence-corrected chi connectivity index (χ0v) is 13.3. The highest BCUT2D eigenvalue weighted by Crippen LogP contribution is 2.21. The number of carbonyl (C=O) groups excluding carboxylic acids is 1. The molecule has 0 bridgehead atoms. The van der Waals surface area contributed by atoms with Gasteiger partial charge in [-0.3, -0.25) is 0 Å². The minimum Gasteiger partial charge on any atom is -0.393 e. The molecule has 0 heterocycles. The number of hydrogen-bond acceptors (Lipinski definition) is 3. The number of nitrogens with one attached hydrogen (secondary N) is 2. The number of ether oxygens (including phenoxy) is 1. The van der Waals surface area contributed by atoms with Crippen molar-refractivity contribution in [3.8, 4) is 0 Å². The van der Waals surface area contributed by atoms with Crippen LogP contribution in [0, 0.1) is 5.41 Å². The van der Waals surface area contributed by atoms with E-state index < -0.39 is 0 Å². The molecule has 5 nitrogen and oxygen atoms in total. The highest BCUT2D eigenvalue weighted by atomic mass is 16.5. The Hall–Kier alpha value is -1.59. The van der Waals surface area contributed by atoms with Crippen LogP contribution >= 0.6 is 0 Å². The molecular formula is C16H26N2O3. The van der Waals surface area contributed by atoms with Crippen LogP contribution in [0.1, 0.15) is 32.8 Å². The molecule has 3 N–H and O–H groups in total. The first-order valence-corrected chi connectivity index (χ1v) is 7.13. The van der Waals surface area contributed by atoms with Crippen molar-refractivity contribution in [3.05, 3.63) is 29.8 Å². The van der Waals surface area contributed by atoms with Crippen LogP contribution in [0.4, 0.5) is 10.5 Å². The number of urea groups is 1. The van der Waals surface area contributed by atoms with Gasteiger partial charge in [0.15, 0.2) is 0 Å². The second kappa shape index (κ2) is 8.00. The Morgan fingerprint density at radius 3 is 2.76 bits per heavy atom. The first-order valence-electron chi connectivity index (χ1n) is 7.13. The van der Waals surface area contributed by atoms with Crippen molar-refractivity contribution < 1.29 is 14.6 Å². The number of aliphatic hydroxyl groups is 1. The zero-order chi connectivity index (χ0) is 15.9. The Bertz CT molecular complexity index is 459. The third kappa shape index (κ3) is 7.11. The number of benzene rings is 1. The molecule has 21 heavy (non-hydrogen) atoms. The lowest BCUT2D eigenvalue weighted by molar-refractivity contribution is 0.129. The number of rotatable bonds is 7. The fourth-order valence-electron chi connectivity index (χ4n) is 2.27. The van der Waals surface area contributed by atoms with Crippen molar-refractivity contribution in [2.75, 3.05) is 19.0 Å². The monoisotopic (exact) mass is 294 g/mol. The van der Waals surface area contributed by atoms with Gasteiger partial charge in [0.25, 0.3) is 0 Å². The van der Waals surface area contributed by atoms with Crippen molar-refractivity contribution in [2.45, 2.75) is 39.9 Å². The van der Waals surface area contributed by atoms with E-state index in [1.54, 1.807) is 14.0 Å². The molecule has 0 saturated heterocycles. The molecule has 5 heteroatoms. The molecule has 1 aromatic rings. The van der Waals surface area contributed by atoms with Crippen LogP contribution in [0.3, 0.4) is 0 Å². The third-order valence-electron chi connectivity index (χ3n) is 3.07. The number of carbonyl (C=O) groups is 1. The average molecular weight is 294 g/mol. The third-order valence-corrected chi connectivity index (χ3v) is 3.07. The SMILES string of the molecule is COCc1cccc(NC(=O)NCC(C)(C)CC(C)O)c1. The van der Waals surface area contributed by atoms with Crippen LogP contribution < -0.4 is 10.6 Å². The Balaban J connectivity index is 2.48. The van der Waals surface area contributed by atoms with E-state index in [2.05, 4.69) is 10.6 Å². The van der Waals surface area contributed by atoms with Crippen LogP contribution in [0.15, 0.2) is 24.3 Å². The van der Waals surface area contributed by atoms with Crippen molar-refractivity contribution in [1.82, 2.24) is 5.32 Å². The fourth-order valence-corrected chi connectivity index (χ4v) is 2.27. The minimum absolute atomic E-state index is 0.149. The molecule has 1 aromatic carbocycles. The van der Waals surface area contributed by atoms with E-state index in [-0.39, 0.29) is 17.6 Å². The molecule has 0 spiro atoms. The zero-order valence-electron chi connectivity index (χ0n) is 13.3. The van der Waals surface area contributed by atoms with Gasteiger partial charge < -0.3 is 20.5 Å². The van der Waals surface area contributed by atoms with E-state index in [9.17, 15) is 9.90 Å².